The van der Waals surface area contributed by atoms with Crippen LogP contribution < -0.4 is 10.0 Å². The summed E-state index contributed by atoms with van der Waals surface area (Å²) in [6, 6.07) is 19.8. The Labute approximate surface area is 106 Å². The summed E-state index contributed by atoms with van der Waals surface area (Å²) < 4.78 is 0. The molecular formula is C15H14N2O. The van der Waals surface area contributed by atoms with Gasteiger partial charge in [0.15, 0.2) is 0 Å². The number of rotatable bonds is 2. The second-order valence-corrected chi connectivity index (χ2v) is 4.25. The molecule has 0 atom stereocenters. The third-order valence-corrected chi connectivity index (χ3v) is 3.07. The fraction of sp³-hybridized carbons (Fsp3) is 0.133. The molecule has 1 fully saturated rings. The molecule has 0 aliphatic carbocycles. The number of anilines is 2. The number of benzene rings is 2. The van der Waals surface area contributed by atoms with Crippen molar-refractivity contribution in [3.05, 3.63) is 60.7 Å². The van der Waals surface area contributed by atoms with E-state index in [9.17, 15) is 4.79 Å². The van der Waals surface area contributed by atoms with E-state index in [1.165, 1.54) is 0 Å². The van der Waals surface area contributed by atoms with Crippen LogP contribution in [0.25, 0.3) is 0 Å². The lowest BCUT2D eigenvalue weighted by molar-refractivity contribution is -0.117. The Bertz CT molecular complexity index is 539. The molecule has 3 rings (SSSR count). The maximum atomic E-state index is 12.0. The largest absolute Gasteiger partial charge is 0.278 e. The SMILES string of the molecule is O=C1CCN(c2ccccc2)N1c1ccccc1. The Balaban J connectivity index is 1.98. The van der Waals surface area contributed by atoms with Crippen LogP contribution in [0.15, 0.2) is 60.7 Å². The Morgan fingerprint density at radius 2 is 1.33 bits per heavy atom. The summed E-state index contributed by atoms with van der Waals surface area (Å²) in [4.78, 5) is 12.0. The fourth-order valence-corrected chi connectivity index (χ4v) is 2.24. The fourth-order valence-electron chi connectivity index (χ4n) is 2.24. The van der Waals surface area contributed by atoms with Gasteiger partial charge in [-0.25, -0.2) is 5.01 Å². The van der Waals surface area contributed by atoms with Crippen LogP contribution in [0.3, 0.4) is 0 Å². The summed E-state index contributed by atoms with van der Waals surface area (Å²) >= 11 is 0. The summed E-state index contributed by atoms with van der Waals surface area (Å²) in [6.07, 6.45) is 0.559. The number of nitrogens with zero attached hydrogens (tertiary/aromatic N) is 2. The quantitative estimate of drug-likeness (QED) is 0.803. The molecule has 0 saturated carbocycles. The van der Waals surface area contributed by atoms with E-state index in [-0.39, 0.29) is 5.91 Å². The van der Waals surface area contributed by atoms with E-state index in [1.807, 2.05) is 65.7 Å². The molecular weight excluding hydrogens is 224 g/mol. The molecule has 0 unspecified atom stereocenters. The lowest BCUT2D eigenvalue weighted by atomic mass is 10.3. The van der Waals surface area contributed by atoms with Crippen LogP contribution in [-0.4, -0.2) is 12.5 Å². The van der Waals surface area contributed by atoms with Gasteiger partial charge in [0.2, 0.25) is 5.91 Å². The molecule has 3 nitrogen and oxygen atoms in total. The van der Waals surface area contributed by atoms with Gasteiger partial charge in [-0.05, 0) is 24.3 Å². The standard InChI is InChI=1S/C15H14N2O/c18-15-11-12-16(13-7-3-1-4-8-13)17(15)14-9-5-2-6-10-14/h1-10H,11-12H2. The molecule has 2 aromatic carbocycles. The van der Waals surface area contributed by atoms with Crippen LogP contribution in [-0.2, 0) is 4.79 Å². The average molecular weight is 238 g/mol. The van der Waals surface area contributed by atoms with Crippen molar-refractivity contribution in [2.24, 2.45) is 0 Å². The molecule has 1 saturated heterocycles. The second kappa shape index (κ2) is 4.53. The zero-order valence-corrected chi connectivity index (χ0v) is 9.99. The molecule has 0 N–H and O–H groups in total. The van der Waals surface area contributed by atoms with Gasteiger partial charge in [0.1, 0.15) is 0 Å². The molecule has 3 heteroatoms. The molecule has 0 spiro atoms. The van der Waals surface area contributed by atoms with Crippen molar-refractivity contribution in [2.75, 3.05) is 16.6 Å². The maximum Gasteiger partial charge on any atom is 0.247 e. The molecule has 18 heavy (non-hydrogen) atoms. The van der Waals surface area contributed by atoms with E-state index >= 15 is 0 Å². The molecule has 0 radical (unpaired) electrons. The van der Waals surface area contributed by atoms with Crippen LogP contribution in [0.1, 0.15) is 6.42 Å². The van der Waals surface area contributed by atoms with Crippen molar-refractivity contribution < 1.29 is 4.79 Å². The molecule has 0 bridgehead atoms. The van der Waals surface area contributed by atoms with Gasteiger partial charge in [-0.15, -0.1) is 0 Å². The van der Waals surface area contributed by atoms with E-state index in [4.69, 9.17) is 0 Å². The highest BCUT2D eigenvalue weighted by molar-refractivity contribution is 5.98. The highest BCUT2D eigenvalue weighted by atomic mass is 16.2. The third-order valence-electron chi connectivity index (χ3n) is 3.07. The Morgan fingerprint density at radius 3 is 1.94 bits per heavy atom. The minimum absolute atomic E-state index is 0.144. The van der Waals surface area contributed by atoms with Crippen LogP contribution >= 0.6 is 0 Å². The normalized spacial score (nSPS) is 15.2. The van der Waals surface area contributed by atoms with E-state index < -0.39 is 0 Å². The summed E-state index contributed by atoms with van der Waals surface area (Å²) in [5.74, 6) is 0.144. The maximum absolute atomic E-state index is 12.0. The predicted octanol–water partition coefficient (Wildman–Crippen LogP) is 2.84. The molecule has 1 aliphatic heterocycles. The molecule has 1 amide bonds. The first-order chi connectivity index (χ1) is 8.86. The van der Waals surface area contributed by atoms with Gasteiger partial charge in [-0.1, -0.05) is 36.4 Å². The Kier molecular flexibility index (Phi) is 2.73. The minimum Gasteiger partial charge on any atom is -0.278 e. The predicted molar refractivity (Wildman–Crippen MR) is 72.3 cm³/mol. The highest BCUT2D eigenvalue weighted by Crippen LogP contribution is 2.27. The smallest absolute Gasteiger partial charge is 0.247 e. The third kappa shape index (κ3) is 1.84. The van der Waals surface area contributed by atoms with Crippen LogP contribution in [0, 0.1) is 0 Å². The molecule has 90 valence electrons. The van der Waals surface area contributed by atoms with Crippen molar-refractivity contribution >= 4 is 17.3 Å². The van der Waals surface area contributed by atoms with Crippen molar-refractivity contribution in [3.63, 3.8) is 0 Å². The van der Waals surface area contributed by atoms with Gasteiger partial charge in [0, 0.05) is 13.0 Å². The number of amides is 1. The first kappa shape index (κ1) is 10.8. The number of hydrazine groups is 1. The van der Waals surface area contributed by atoms with E-state index in [0.29, 0.717) is 6.42 Å². The van der Waals surface area contributed by atoms with Crippen molar-refractivity contribution in [3.8, 4) is 0 Å². The lowest BCUT2D eigenvalue weighted by Crippen LogP contribution is -2.39. The number of carbonyl (C=O) groups excluding carboxylic acids is 1. The zero-order chi connectivity index (χ0) is 12.4. The highest BCUT2D eigenvalue weighted by Gasteiger charge is 2.30. The number of hydrogen-bond donors (Lipinski definition) is 0. The van der Waals surface area contributed by atoms with Gasteiger partial charge in [-0.3, -0.25) is 9.80 Å². The monoisotopic (exact) mass is 238 g/mol. The number of carbonyl (C=O) groups is 1. The number of para-hydroxylation sites is 2. The Hall–Kier alpha value is -2.29. The van der Waals surface area contributed by atoms with Crippen molar-refractivity contribution in [1.82, 2.24) is 0 Å². The second-order valence-electron chi connectivity index (χ2n) is 4.25. The van der Waals surface area contributed by atoms with Crippen LogP contribution in [0.5, 0.6) is 0 Å². The topological polar surface area (TPSA) is 23.6 Å². The van der Waals surface area contributed by atoms with Crippen LogP contribution in [0.2, 0.25) is 0 Å². The van der Waals surface area contributed by atoms with Crippen LogP contribution in [0.4, 0.5) is 11.4 Å². The summed E-state index contributed by atoms with van der Waals surface area (Å²) in [7, 11) is 0. The Morgan fingerprint density at radius 1 is 0.778 bits per heavy atom. The molecule has 0 aromatic heterocycles. The van der Waals surface area contributed by atoms with E-state index in [2.05, 4.69) is 0 Å². The van der Waals surface area contributed by atoms with Crippen molar-refractivity contribution in [1.29, 1.82) is 0 Å². The van der Waals surface area contributed by atoms with Gasteiger partial charge in [0.25, 0.3) is 0 Å². The van der Waals surface area contributed by atoms with E-state index in [0.717, 1.165) is 17.9 Å². The number of hydrogen-bond acceptors (Lipinski definition) is 2. The van der Waals surface area contributed by atoms with Crippen molar-refractivity contribution in [2.45, 2.75) is 6.42 Å². The first-order valence-corrected chi connectivity index (χ1v) is 6.07. The van der Waals surface area contributed by atoms with Gasteiger partial charge in [0.05, 0.1) is 11.4 Å². The molecule has 2 aromatic rings. The minimum atomic E-state index is 0.144. The zero-order valence-electron chi connectivity index (χ0n) is 9.99. The van der Waals surface area contributed by atoms with Gasteiger partial charge >= 0.3 is 0 Å². The summed E-state index contributed by atoms with van der Waals surface area (Å²) in [5, 5.41) is 3.78. The first-order valence-electron chi connectivity index (χ1n) is 6.07. The molecule has 1 aliphatic rings. The average Bonchev–Trinajstić information content (AvgIpc) is 2.83. The lowest BCUT2D eigenvalue weighted by Gasteiger charge is -2.29. The summed E-state index contributed by atoms with van der Waals surface area (Å²) in [6.45, 7) is 0.734. The molecule has 1 heterocycles. The summed E-state index contributed by atoms with van der Waals surface area (Å²) in [5.41, 5.74) is 1.97. The van der Waals surface area contributed by atoms with E-state index in [1.54, 1.807) is 5.01 Å². The van der Waals surface area contributed by atoms with Gasteiger partial charge in [-0.2, -0.15) is 0 Å². The van der Waals surface area contributed by atoms with Gasteiger partial charge < -0.3 is 0 Å².